The number of hydrogen-bond donors (Lipinski definition) is 2. The van der Waals surface area contributed by atoms with E-state index in [0.717, 1.165) is 11.6 Å². The minimum absolute atomic E-state index is 0.0487. The third kappa shape index (κ3) is 6.21. The molecule has 2 aromatic carbocycles. The smallest absolute Gasteiger partial charge is 0.511 e. The summed E-state index contributed by atoms with van der Waals surface area (Å²) in [6.07, 6.45) is -3.26. The topological polar surface area (TPSA) is 64.7 Å². The number of ether oxygens (including phenoxy) is 2. The SMILES string of the molecule is NCC(O)=Cc1ccc(OCc2ccc(OC(F)(F)F)c(Cl)c2)cc1. The van der Waals surface area contributed by atoms with Crippen LogP contribution in [0.15, 0.2) is 48.2 Å². The number of benzene rings is 2. The molecule has 0 aliphatic carbocycles. The molecule has 0 unspecified atom stereocenters. The molecule has 0 aliphatic heterocycles. The van der Waals surface area contributed by atoms with Gasteiger partial charge in [-0.15, -0.1) is 13.2 Å². The second-order valence-electron chi connectivity index (χ2n) is 5.01. The van der Waals surface area contributed by atoms with Gasteiger partial charge in [-0.25, -0.2) is 0 Å². The highest BCUT2D eigenvalue weighted by Gasteiger charge is 2.32. The number of alkyl halides is 3. The van der Waals surface area contributed by atoms with Gasteiger partial charge in [0.15, 0.2) is 0 Å². The number of aliphatic hydroxyl groups is 1. The molecule has 0 aliphatic rings. The summed E-state index contributed by atoms with van der Waals surface area (Å²) in [4.78, 5) is 0. The Kier molecular flexibility index (Phi) is 6.17. The summed E-state index contributed by atoms with van der Waals surface area (Å²) in [6, 6.07) is 10.8. The van der Waals surface area contributed by atoms with Gasteiger partial charge in [0.1, 0.15) is 23.9 Å². The van der Waals surface area contributed by atoms with Crippen molar-refractivity contribution in [1.82, 2.24) is 0 Å². The summed E-state index contributed by atoms with van der Waals surface area (Å²) < 4.78 is 45.9. The van der Waals surface area contributed by atoms with Gasteiger partial charge < -0.3 is 20.3 Å². The zero-order valence-corrected chi connectivity index (χ0v) is 13.6. The first-order chi connectivity index (χ1) is 11.8. The summed E-state index contributed by atoms with van der Waals surface area (Å²) in [5.74, 6) is 0.148. The molecular weight excluding hydrogens is 359 g/mol. The van der Waals surface area contributed by atoms with Gasteiger partial charge in [-0.2, -0.15) is 0 Å². The van der Waals surface area contributed by atoms with Crippen molar-refractivity contribution in [2.45, 2.75) is 13.0 Å². The van der Waals surface area contributed by atoms with E-state index in [9.17, 15) is 18.3 Å². The lowest BCUT2D eigenvalue weighted by Crippen LogP contribution is -2.17. The number of rotatable bonds is 6. The van der Waals surface area contributed by atoms with Crippen molar-refractivity contribution < 1.29 is 27.8 Å². The quantitative estimate of drug-likeness (QED) is 0.722. The van der Waals surface area contributed by atoms with Crippen molar-refractivity contribution in [2.24, 2.45) is 5.73 Å². The van der Waals surface area contributed by atoms with E-state index < -0.39 is 12.1 Å². The van der Waals surface area contributed by atoms with Crippen LogP contribution in [0.5, 0.6) is 11.5 Å². The first kappa shape index (κ1) is 19.0. The Morgan fingerprint density at radius 1 is 1.16 bits per heavy atom. The fraction of sp³-hybridized carbons (Fsp3) is 0.176. The maximum Gasteiger partial charge on any atom is 0.573 e. The Morgan fingerprint density at radius 2 is 1.84 bits per heavy atom. The fourth-order valence-corrected chi connectivity index (χ4v) is 2.16. The molecule has 4 nitrogen and oxygen atoms in total. The van der Waals surface area contributed by atoms with Crippen molar-refractivity contribution in [3.8, 4) is 11.5 Å². The van der Waals surface area contributed by atoms with Crippen LogP contribution < -0.4 is 15.2 Å². The fourth-order valence-electron chi connectivity index (χ4n) is 1.92. The van der Waals surface area contributed by atoms with E-state index >= 15 is 0 Å². The van der Waals surface area contributed by atoms with Gasteiger partial charge in [0.05, 0.1) is 11.6 Å². The first-order valence-corrected chi connectivity index (χ1v) is 7.51. The molecular formula is C17H15ClF3NO3. The highest BCUT2D eigenvalue weighted by molar-refractivity contribution is 6.32. The van der Waals surface area contributed by atoms with Crippen molar-refractivity contribution in [3.05, 3.63) is 64.4 Å². The lowest BCUT2D eigenvalue weighted by molar-refractivity contribution is -0.274. The Hall–Kier alpha value is -2.38. The number of halogens is 4. The molecule has 134 valence electrons. The van der Waals surface area contributed by atoms with E-state index in [4.69, 9.17) is 22.1 Å². The zero-order valence-electron chi connectivity index (χ0n) is 12.9. The molecule has 0 fully saturated rings. The molecule has 0 aromatic heterocycles. The predicted molar refractivity (Wildman–Crippen MR) is 88.6 cm³/mol. The largest absolute Gasteiger partial charge is 0.573 e. The molecule has 0 amide bonds. The molecule has 0 bridgehead atoms. The van der Waals surface area contributed by atoms with Gasteiger partial charge in [-0.3, -0.25) is 0 Å². The number of aliphatic hydroxyl groups excluding tert-OH is 1. The average molecular weight is 374 g/mol. The van der Waals surface area contributed by atoms with Crippen molar-refractivity contribution in [1.29, 1.82) is 0 Å². The number of nitrogens with two attached hydrogens (primary N) is 1. The van der Waals surface area contributed by atoms with Gasteiger partial charge in [-0.1, -0.05) is 29.8 Å². The van der Waals surface area contributed by atoms with Gasteiger partial charge >= 0.3 is 6.36 Å². The van der Waals surface area contributed by atoms with Crippen LogP contribution in [-0.2, 0) is 6.61 Å². The van der Waals surface area contributed by atoms with Crippen molar-refractivity contribution >= 4 is 17.7 Å². The maximum absolute atomic E-state index is 12.2. The summed E-state index contributed by atoms with van der Waals surface area (Å²) in [7, 11) is 0. The number of hydrogen-bond acceptors (Lipinski definition) is 4. The van der Waals surface area contributed by atoms with E-state index in [1.807, 2.05) is 0 Å². The van der Waals surface area contributed by atoms with E-state index in [2.05, 4.69) is 4.74 Å². The first-order valence-electron chi connectivity index (χ1n) is 7.13. The third-order valence-electron chi connectivity index (χ3n) is 3.05. The van der Waals surface area contributed by atoms with Crippen molar-refractivity contribution in [3.63, 3.8) is 0 Å². The van der Waals surface area contributed by atoms with Crippen LogP contribution in [0.4, 0.5) is 13.2 Å². The molecule has 3 N–H and O–H groups in total. The van der Waals surface area contributed by atoms with Crippen LogP contribution in [0.1, 0.15) is 11.1 Å². The van der Waals surface area contributed by atoms with Crippen LogP contribution in [0.2, 0.25) is 5.02 Å². The Labute approximate surface area is 147 Å². The van der Waals surface area contributed by atoms with Crippen LogP contribution >= 0.6 is 11.6 Å². The zero-order chi connectivity index (χ0) is 18.4. The second-order valence-corrected chi connectivity index (χ2v) is 5.42. The van der Waals surface area contributed by atoms with Gasteiger partial charge in [0.25, 0.3) is 0 Å². The summed E-state index contributed by atoms with van der Waals surface area (Å²) >= 11 is 5.78. The molecule has 2 rings (SSSR count). The molecule has 0 saturated heterocycles. The Bertz CT molecular complexity index is 746. The van der Waals surface area contributed by atoms with Crippen molar-refractivity contribution in [2.75, 3.05) is 6.54 Å². The lowest BCUT2D eigenvalue weighted by atomic mass is 10.2. The predicted octanol–water partition coefficient (Wildman–Crippen LogP) is 4.68. The summed E-state index contributed by atoms with van der Waals surface area (Å²) in [5, 5.41) is 9.21. The minimum atomic E-state index is -4.80. The Balaban J connectivity index is 1.98. The summed E-state index contributed by atoms with van der Waals surface area (Å²) in [5.41, 5.74) is 6.64. The van der Waals surface area contributed by atoms with E-state index in [1.165, 1.54) is 18.2 Å². The lowest BCUT2D eigenvalue weighted by Gasteiger charge is -2.12. The van der Waals surface area contributed by atoms with Gasteiger partial charge in [0, 0.05) is 0 Å². The van der Waals surface area contributed by atoms with Crippen LogP contribution in [-0.4, -0.2) is 18.0 Å². The molecule has 0 saturated carbocycles. The van der Waals surface area contributed by atoms with Crippen LogP contribution in [0.3, 0.4) is 0 Å². The van der Waals surface area contributed by atoms with Crippen LogP contribution in [0, 0.1) is 0 Å². The molecule has 8 heteroatoms. The average Bonchev–Trinajstić information content (AvgIpc) is 2.55. The van der Waals surface area contributed by atoms with E-state index in [-0.39, 0.29) is 23.9 Å². The minimum Gasteiger partial charge on any atom is -0.511 e. The molecule has 0 heterocycles. The molecule has 0 atom stereocenters. The highest BCUT2D eigenvalue weighted by atomic mass is 35.5. The molecule has 25 heavy (non-hydrogen) atoms. The molecule has 2 aromatic rings. The third-order valence-corrected chi connectivity index (χ3v) is 3.35. The molecule has 0 radical (unpaired) electrons. The molecule has 0 spiro atoms. The maximum atomic E-state index is 12.2. The highest BCUT2D eigenvalue weighted by Crippen LogP contribution is 2.31. The normalized spacial score (nSPS) is 12.1. The van der Waals surface area contributed by atoms with Crippen LogP contribution in [0.25, 0.3) is 6.08 Å². The Morgan fingerprint density at radius 3 is 2.40 bits per heavy atom. The van der Waals surface area contributed by atoms with Gasteiger partial charge in [0.2, 0.25) is 0 Å². The van der Waals surface area contributed by atoms with E-state index in [1.54, 1.807) is 24.3 Å². The summed E-state index contributed by atoms with van der Waals surface area (Å²) in [6.45, 7) is 0.169. The second kappa shape index (κ2) is 8.13. The van der Waals surface area contributed by atoms with Gasteiger partial charge in [-0.05, 0) is 41.5 Å². The standard InChI is InChI=1S/C17H15ClF3NO3/c18-15-8-12(3-6-16(15)25-17(19,20)21)10-24-14-4-1-11(2-5-14)7-13(23)9-22/h1-8,23H,9-10,22H2. The van der Waals surface area contributed by atoms with E-state index in [0.29, 0.717) is 11.3 Å². The monoisotopic (exact) mass is 373 g/mol.